The van der Waals surface area contributed by atoms with Crippen LogP contribution < -0.4 is 0 Å². The van der Waals surface area contributed by atoms with Gasteiger partial charge < -0.3 is 9.47 Å². The molecule has 0 unspecified atom stereocenters. The van der Waals surface area contributed by atoms with E-state index in [0.717, 1.165) is 21.1 Å². The van der Waals surface area contributed by atoms with Crippen LogP contribution in [0.15, 0.2) is 86.0 Å². The van der Waals surface area contributed by atoms with Crippen molar-refractivity contribution in [2.24, 2.45) is 0 Å². The molecule has 0 radical (unpaired) electrons. The highest BCUT2D eigenvalue weighted by Gasteiger charge is 2.27. The molecule has 0 spiro atoms. The second-order valence-corrected chi connectivity index (χ2v) is 5.82. The van der Waals surface area contributed by atoms with Gasteiger partial charge in [-0.2, -0.15) is 0 Å². The fourth-order valence-electron chi connectivity index (χ4n) is 2.38. The summed E-state index contributed by atoms with van der Waals surface area (Å²) in [6, 6.07) is 18.6. The maximum absolute atomic E-state index is 12.6. The summed E-state index contributed by atoms with van der Waals surface area (Å²) >= 11 is 0. The predicted octanol–water partition coefficient (Wildman–Crippen LogP) is 4.55. The van der Waals surface area contributed by atoms with Crippen molar-refractivity contribution in [2.45, 2.75) is 13.2 Å². The number of rotatable bonds is 8. The molecule has 0 saturated heterocycles. The zero-order valence-corrected chi connectivity index (χ0v) is 15.7. The number of carbonyl (C=O) groups is 2. The third-order valence-corrected chi connectivity index (χ3v) is 3.73. The van der Waals surface area contributed by atoms with Gasteiger partial charge in [0, 0.05) is 0 Å². The quantitative estimate of drug-likeness (QED) is 0.498. The van der Waals surface area contributed by atoms with Gasteiger partial charge in [-0.3, -0.25) is 0 Å². The number of nitrogens with zero attached hydrogens (tertiary/aromatic N) is 2. The molecule has 0 aliphatic rings. The van der Waals surface area contributed by atoms with Gasteiger partial charge in [-0.15, -0.1) is 13.2 Å². The number of hydrogen-bond donors (Lipinski definition) is 0. The van der Waals surface area contributed by atoms with Gasteiger partial charge in [-0.25, -0.2) is 19.6 Å². The van der Waals surface area contributed by atoms with Crippen molar-refractivity contribution in [3.05, 3.63) is 97.1 Å². The van der Waals surface area contributed by atoms with Gasteiger partial charge in [0.1, 0.15) is 13.2 Å². The van der Waals surface area contributed by atoms with Crippen molar-refractivity contribution in [3.63, 3.8) is 0 Å². The first kappa shape index (κ1) is 20.8. The first-order valence-electron chi connectivity index (χ1n) is 8.83. The fourth-order valence-corrected chi connectivity index (χ4v) is 2.38. The highest BCUT2D eigenvalue weighted by molar-refractivity contribution is 5.74. The number of benzene rings is 2. The van der Waals surface area contributed by atoms with E-state index in [-0.39, 0.29) is 26.3 Å². The van der Waals surface area contributed by atoms with E-state index in [0.29, 0.717) is 0 Å². The van der Waals surface area contributed by atoms with Crippen molar-refractivity contribution in [1.29, 1.82) is 0 Å². The highest BCUT2D eigenvalue weighted by atomic mass is 16.6. The zero-order valence-electron chi connectivity index (χ0n) is 15.7. The summed E-state index contributed by atoms with van der Waals surface area (Å²) in [6.45, 7) is 7.64. The number of hydrazine groups is 1. The van der Waals surface area contributed by atoms with E-state index in [1.165, 1.54) is 12.2 Å². The molecule has 2 aromatic rings. The van der Waals surface area contributed by atoms with E-state index in [9.17, 15) is 9.59 Å². The topological polar surface area (TPSA) is 59.1 Å². The van der Waals surface area contributed by atoms with Gasteiger partial charge >= 0.3 is 12.2 Å². The maximum atomic E-state index is 12.6. The molecule has 2 amide bonds. The monoisotopic (exact) mass is 380 g/mol. The highest BCUT2D eigenvalue weighted by Crippen LogP contribution is 2.10. The SMILES string of the molecule is C=CCN(C(=O)OCc1ccccc1)N(CC=C)C(=O)OCc1ccccc1. The second kappa shape index (κ2) is 11.2. The second-order valence-electron chi connectivity index (χ2n) is 5.82. The van der Waals surface area contributed by atoms with Crippen molar-refractivity contribution in [1.82, 2.24) is 10.0 Å². The van der Waals surface area contributed by atoms with E-state index in [1.54, 1.807) is 0 Å². The van der Waals surface area contributed by atoms with Gasteiger partial charge in [-0.05, 0) is 11.1 Å². The van der Waals surface area contributed by atoms with Crippen molar-refractivity contribution in [2.75, 3.05) is 13.1 Å². The lowest BCUT2D eigenvalue weighted by molar-refractivity contribution is -0.0141. The summed E-state index contributed by atoms with van der Waals surface area (Å²) in [5.74, 6) is 0. The van der Waals surface area contributed by atoms with Crippen LogP contribution in [0.25, 0.3) is 0 Å². The Bertz CT molecular complexity index is 710. The van der Waals surface area contributed by atoms with Gasteiger partial charge in [0.15, 0.2) is 0 Å². The summed E-state index contributed by atoms with van der Waals surface area (Å²) in [7, 11) is 0. The lowest BCUT2D eigenvalue weighted by atomic mass is 10.2. The molecule has 6 nitrogen and oxygen atoms in total. The van der Waals surface area contributed by atoms with Gasteiger partial charge in [0.25, 0.3) is 0 Å². The number of hydrogen-bond acceptors (Lipinski definition) is 4. The Balaban J connectivity index is 2.04. The molecule has 2 rings (SSSR count). The van der Waals surface area contributed by atoms with E-state index < -0.39 is 12.2 Å². The molecule has 0 saturated carbocycles. The smallest absolute Gasteiger partial charge is 0.429 e. The summed E-state index contributed by atoms with van der Waals surface area (Å²) < 4.78 is 10.7. The standard InChI is InChI=1S/C22H24N2O4/c1-3-15-23(21(25)27-17-19-11-7-5-8-12-19)24(16-4-2)22(26)28-18-20-13-9-6-10-14-20/h3-14H,1-2,15-18H2. The summed E-state index contributed by atoms with van der Waals surface area (Å²) in [4.78, 5) is 25.1. The normalized spacial score (nSPS) is 9.86. The number of carbonyl (C=O) groups excluding carboxylic acids is 2. The van der Waals surface area contributed by atoms with Crippen molar-refractivity contribution < 1.29 is 19.1 Å². The Morgan fingerprint density at radius 1 is 0.714 bits per heavy atom. The molecule has 0 bridgehead atoms. The van der Waals surface area contributed by atoms with Crippen LogP contribution in [0.2, 0.25) is 0 Å². The average Bonchev–Trinajstić information content (AvgIpc) is 2.74. The third kappa shape index (κ3) is 6.32. The molecular formula is C22H24N2O4. The molecular weight excluding hydrogens is 356 g/mol. The molecule has 0 atom stereocenters. The van der Waals surface area contributed by atoms with Gasteiger partial charge in [0.2, 0.25) is 0 Å². The van der Waals surface area contributed by atoms with E-state index in [4.69, 9.17) is 9.47 Å². The van der Waals surface area contributed by atoms with E-state index in [1.807, 2.05) is 60.7 Å². The van der Waals surface area contributed by atoms with Crippen LogP contribution in [0.1, 0.15) is 11.1 Å². The first-order valence-corrected chi connectivity index (χ1v) is 8.83. The van der Waals surface area contributed by atoms with Crippen LogP contribution in [0.5, 0.6) is 0 Å². The molecule has 0 fully saturated rings. The van der Waals surface area contributed by atoms with Gasteiger partial charge in [-0.1, -0.05) is 72.8 Å². The van der Waals surface area contributed by atoms with Crippen LogP contribution >= 0.6 is 0 Å². The first-order chi connectivity index (χ1) is 13.7. The van der Waals surface area contributed by atoms with Gasteiger partial charge in [0.05, 0.1) is 13.1 Å². The molecule has 146 valence electrons. The average molecular weight is 380 g/mol. The molecule has 2 aromatic carbocycles. The summed E-state index contributed by atoms with van der Waals surface area (Å²) in [5.41, 5.74) is 1.69. The predicted molar refractivity (Wildman–Crippen MR) is 107 cm³/mol. The third-order valence-electron chi connectivity index (χ3n) is 3.73. The fraction of sp³-hybridized carbons (Fsp3) is 0.182. The Hall–Kier alpha value is -3.54. The molecule has 0 aromatic heterocycles. The van der Waals surface area contributed by atoms with Crippen LogP contribution in [0, 0.1) is 0 Å². The largest absolute Gasteiger partial charge is 0.443 e. The minimum Gasteiger partial charge on any atom is -0.443 e. The minimum atomic E-state index is -0.678. The van der Waals surface area contributed by atoms with Crippen molar-refractivity contribution in [3.8, 4) is 0 Å². The minimum absolute atomic E-state index is 0.0852. The lowest BCUT2D eigenvalue weighted by Crippen LogP contribution is -2.50. The molecule has 6 heteroatoms. The molecule has 0 aliphatic heterocycles. The van der Waals surface area contributed by atoms with Crippen molar-refractivity contribution >= 4 is 12.2 Å². The Morgan fingerprint density at radius 2 is 1.07 bits per heavy atom. The molecule has 0 aliphatic carbocycles. The molecule has 28 heavy (non-hydrogen) atoms. The Labute approximate surface area is 165 Å². The summed E-state index contributed by atoms with van der Waals surface area (Å²) in [5, 5.41) is 2.29. The van der Waals surface area contributed by atoms with Crippen LogP contribution in [0.3, 0.4) is 0 Å². The lowest BCUT2D eigenvalue weighted by Gasteiger charge is -2.31. The van der Waals surface area contributed by atoms with E-state index in [2.05, 4.69) is 13.2 Å². The van der Waals surface area contributed by atoms with E-state index >= 15 is 0 Å². The Morgan fingerprint density at radius 3 is 1.39 bits per heavy atom. The van der Waals surface area contributed by atoms with Crippen LogP contribution in [0.4, 0.5) is 9.59 Å². The van der Waals surface area contributed by atoms with Crippen LogP contribution in [-0.4, -0.2) is 35.3 Å². The zero-order chi connectivity index (χ0) is 20.2. The Kier molecular flexibility index (Phi) is 8.33. The maximum Gasteiger partial charge on any atom is 0.429 e. The number of amides is 2. The molecule has 0 N–H and O–H groups in total. The summed E-state index contributed by atoms with van der Waals surface area (Å²) in [6.07, 6.45) is 1.65. The van der Waals surface area contributed by atoms with Crippen LogP contribution in [-0.2, 0) is 22.7 Å². The molecule has 0 heterocycles. The number of ether oxygens (including phenoxy) is 2.